The average molecular weight is 344 g/mol. The molecule has 1 aromatic heterocycles. The van der Waals surface area contributed by atoms with Gasteiger partial charge in [-0.2, -0.15) is 5.10 Å². The van der Waals surface area contributed by atoms with Crippen LogP contribution in [-0.4, -0.2) is 18.2 Å². The van der Waals surface area contributed by atoms with Gasteiger partial charge in [0.25, 0.3) is 10.0 Å². The molecule has 2 rings (SSSR count). The highest BCUT2D eigenvalue weighted by Gasteiger charge is 2.18. The summed E-state index contributed by atoms with van der Waals surface area (Å²) in [5, 5.41) is 4.03. The first kappa shape index (κ1) is 14.1. The van der Waals surface area contributed by atoms with Gasteiger partial charge in [0.05, 0.1) is 11.9 Å². The van der Waals surface area contributed by atoms with E-state index < -0.39 is 10.0 Å². The van der Waals surface area contributed by atoms with Crippen molar-refractivity contribution in [2.24, 2.45) is 0 Å². The van der Waals surface area contributed by atoms with Crippen molar-refractivity contribution in [2.45, 2.75) is 25.3 Å². The lowest BCUT2D eigenvalue weighted by molar-refractivity contribution is 0.600. The summed E-state index contributed by atoms with van der Waals surface area (Å²) < 4.78 is 29.2. The Kier molecular flexibility index (Phi) is 3.96. The molecular weight excluding hydrogens is 330 g/mol. The molecule has 0 unspecified atom stereocenters. The first-order chi connectivity index (χ1) is 8.92. The van der Waals surface area contributed by atoms with Crippen LogP contribution in [0.2, 0.25) is 0 Å². The van der Waals surface area contributed by atoms with E-state index in [9.17, 15) is 8.42 Å². The number of hydrogen-bond acceptors (Lipinski definition) is 3. The quantitative estimate of drug-likeness (QED) is 0.928. The molecule has 0 saturated carbocycles. The molecule has 1 heterocycles. The number of rotatable bonds is 4. The minimum Gasteiger partial charge on any atom is -0.276 e. The van der Waals surface area contributed by atoms with E-state index in [0.29, 0.717) is 16.7 Å². The Labute approximate surface area is 120 Å². The number of hydrogen-bond donors (Lipinski definition) is 1. The van der Waals surface area contributed by atoms with Crippen molar-refractivity contribution in [2.75, 3.05) is 4.72 Å². The molecule has 0 saturated heterocycles. The van der Waals surface area contributed by atoms with Crippen LogP contribution in [-0.2, 0) is 16.6 Å². The molecule has 0 atom stereocenters. The Morgan fingerprint density at radius 3 is 2.74 bits per heavy atom. The molecule has 2 aromatic rings. The molecule has 5 nitrogen and oxygen atoms in total. The van der Waals surface area contributed by atoms with Crippen LogP contribution in [0.25, 0.3) is 0 Å². The third-order valence-corrected chi connectivity index (χ3v) is 4.94. The number of aryl methyl sites for hydroxylation is 2. The van der Waals surface area contributed by atoms with Gasteiger partial charge in [-0.25, -0.2) is 8.42 Å². The number of aromatic nitrogens is 2. The summed E-state index contributed by atoms with van der Waals surface area (Å²) >= 11 is 3.28. The van der Waals surface area contributed by atoms with E-state index in [1.54, 1.807) is 29.1 Å². The summed E-state index contributed by atoms with van der Waals surface area (Å²) in [5.41, 5.74) is 1.44. The zero-order valence-corrected chi connectivity index (χ0v) is 13.0. The molecule has 0 spiro atoms. The Balaban J connectivity index is 2.32. The summed E-state index contributed by atoms with van der Waals surface area (Å²) in [6.45, 7) is 4.53. The van der Waals surface area contributed by atoms with E-state index in [2.05, 4.69) is 25.8 Å². The molecule has 0 aliphatic rings. The summed E-state index contributed by atoms with van der Waals surface area (Å²) in [6.07, 6.45) is 3.14. The van der Waals surface area contributed by atoms with Crippen molar-refractivity contribution in [3.63, 3.8) is 0 Å². The highest BCUT2D eigenvalue weighted by molar-refractivity contribution is 9.10. The first-order valence-corrected chi connectivity index (χ1v) is 8.01. The summed E-state index contributed by atoms with van der Waals surface area (Å²) in [4.78, 5) is 0.211. The van der Waals surface area contributed by atoms with Crippen LogP contribution in [0.3, 0.4) is 0 Å². The Morgan fingerprint density at radius 2 is 2.16 bits per heavy atom. The van der Waals surface area contributed by atoms with Crippen molar-refractivity contribution < 1.29 is 8.42 Å². The SMILES string of the molecule is CCn1cc(NS(=O)(=O)c2ccc(C)cc2Br)cn1. The van der Waals surface area contributed by atoms with Crippen LogP contribution >= 0.6 is 15.9 Å². The number of sulfonamides is 1. The number of nitrogens with zero attached hydrogens (tertiary/aromatic N) is 2. The minimum absolute atomic E-state index is 0.211. The molecular formula is C12H14BrN3O2S. The fourth-order valence-electron chi connectivity index (χ4n) is 1.62. The van der Waals surface area contributed by atoms with E-state index in [-0.39, 0.29) is 4.90 Å². The summed E-state index contributed by atoms with van der Waals surface area (Å²) in [6, 6.07) is 5.10. The van der Waals surface area contributed by atoms with Crippen LogP contribution in [0.5, 0.6) is 0 Å². The van der Waals surface area contributed by atoms with Gasteiger partial charge in [-0.15, -0.1) is 0 Å². The van der Waals surface area contributed by atoms with Crippen molar-refractivity contribution in [1.29, 1.82) is 0 Å². The Morgan fingerprint density at radius 1 is 1.42 bits per heavy atom. The molecule has 0 amide bonds. The zero-order valence-electron chi connectivity index (χ0n) is 10.6. The van der Waals surface area contributed by atoms with Crippen molar-refractivity contribution >= 4 is 31.6 Å². The van der Waals surface area contributed by atoms with Gasteiger partial charge >= 0.3 is 0 Å². The second-order valence-electron chi connectivity index (χ2n) is 4.12. The van der Waals surface area contributed by atoms with Crippen LogP contribution in [0.15, 0.2) is 40.0 Å². The van der Waals surface area contributed by atoms with Gasteiger partial charge < -0.3 is 0 Å². The van der Waals surface area contributed by atoms with Gasteiger partial charge in [0.2, 0.25) is 0 Å². The third-order valence-electron chi connectivity index (χ3n) is 2.59. The lowest BCUT2D eigenvalue weighted by atomic mass is 10.2. The molecule has 1 N–H and O–H groups in total. The predicted octanol–water partition coefficient (Wildman–Crippen LogP) is 2.77. The molecule has 7 heteroatoms. The highest BCUT2D eigenvalue weighted by Crippen LogP contribution is 2.25. The molecule has 0 radical (unpaired) electrons. The van der Waals surface area contributed by atoms with Gasteiger partial charge in [0.15, 0.2) is 0 Å². The van der Waals surface area contributed by atoms with E-state index in [1.807, 2.05) is 13.8 Å². The second kappa shape index (κ2) is 5.34. The fraction of sp³-hybridized carbons (Fsp3) is 0.250. The molecule has 0 fully saturated rings. The molecule has 0 bridgehead atoms. The monoisotopic (exact) mass is 343 g/mol. The van der Waals surface area contributed by atoms with E-state index in [4.69, 9.17) is 0 Å². The third kappa shape index (κ3) is 3.16. The first-order valence-electron chi connectivity index (χ1n) is 5.74. The maximum Gasteiger partial charge on any atom is 0.263 e. The van der Waals surface area contributed by atoms with E-state index >= 15 is 0 Å². The second-order valence-corrected chi connectivity index (χ2v) is 6.63. The minimum atomic E-state index is -3.61. The van der Waals surface area contributed by atoms with E-state index in [1.165, 1.54) is 6.20 Å². The molecule has 1 aromatic carbocycles. The summed E-state index contributed by atoms with van der Waals surface area (Å²) in [5.74, 6) is 0. The molecule has 19 heavy (non-hydrogen) atoms. The van der Waals surface area contributed by atoms with Crippen LogP contribution in [0.1, 0.15) is 12.5 Å². The number of halogens is 1. The van der Waals surface area contributed by atoms with Gasteiger partial charge in [0.1, 0.15) is 4.90 Å². The predicted molar refractivity (Wildman–Crippen MR) is 77.6 cm³/mol. The fourth-order valence-corrected chi connectivity index (χ4v) is 3.84. The smallest absolute Gasteiger partial charge is 0.263 e. The Bertz CT molecular complexity index is 695. The molecule has 0 aliphatic heterocycles. The lowest BCUT2D eigenvalue weighted by Crippen LogP contribution is -2.13. The molecule has 0 aliphatic carbocycles. The van der Waals surface area contributed by atoms with Crippen LogP contribution < -0.4 is 4.72 Å². The maximum absolute atomic E-state index is 12.3. The number of nitrogens with one attached hydrogen (secondary N) is 1. The summed E-state index contributed by atoms with van der Waals surface area (Å²) in [7, 11) is -3.61. The topological polar surface area (TPSA) is 64.0 Å². The van der Waals surface area contributed by atoms with Gasteiger partial charge in [0, 0.05) is 17.2 Å². The number of benzene rings is 1. The highest BCUT2D eigenvalue weighted by atomic mass is 79.9. The van der Waals surface area contributed by atoms with Gasteiger partial charge in [-0.05, 0) is 47.5 Å². The normalized spacial score (nSPS) is 11.5. The standard InChI is InChI=1S/C12H14BrN3O2S/c1-3-16-8-10(7-14-16)15-19(17,18)12-5-4-9(2)6-11(12)13/h4-8,15H,3H2,1-2H3. The van der Waals surface area contributed by atoms with E-state index in [0.717, 1.165) is 5.56 Å². The molecule has 102 valence electrons. The van der Waals surface area contributed by atoms with Gasteiger partial charge in [-0.1, -0.05) is 6.07 Å². The van der Waals surface area contributed by atoms with Crippen molar-refractivity contribution in [3.05, 3.63) is 40.6 Å². The van der Waals surface area contributed by atoms with Crippen molar-refractivity contribution in [1.82, 2.24) is 9.78 Å². The van der Waals surface area contributed by atoms with Crippen LogP contribution in [0.4, 0.5) is 5.69 Å². The lowest BCUT2D eigenvalue weighted by Gasteiger charge is -2.08. The van der Waals surface area contributed by atoms with Gasteiger partial charge in [-0.3, -0.25) is 9.40 Å². The maximum atomic E-state index is 12.3. The van der Waals surface area contributed by atoms with Crippen molar-refractivity contribution in [3.8, 4) is 0 Å². The Hall–Kier alpha value is -1.34. The zero-order chi connectivity index (χ0) is 14.0. The van der Waals surface area contributed by atoms with Crippen LogP contribution in [0, 0.1) is 6.92 Å². The number of anilines is 1. The average Bonchev–Trinajstić information content (AvgIpc) is 2.75. The largest absolute Gasteiger partial charge is 0.276 e.